The summed E-state index contributed by atoms with van der Waals surface area (Å²) >= 11 is 0. The highest BCUT2D eigenvalue weighted by atomic mass is 16.4. The normalized spacial score (nSPS) is 10.9. The number of benzene rings is 1. The molecule has 0 amide bonds. The van der Waals surface area contributed by atoms with Gasteiger partial charge in [0.05, 0.1) is 0 Å². The molecule has 3 nitrogen and oxygen atoms in total. The minimum absolute atomic E-state index is 0.520. The molecule has 1 heterocycles. The zero-order valence-corrected chi connectivity index (χ0v) is 8.90. The summed E-state index contributed by atoms with van der Waals surface area (Å²) in [6.07, 6.45) is 3.43. The van der Waals surface area contributed by atoms with E-state index in [2.05, 4.69) is 42.6 Å². The van der Waals surface area contributed by atoms with Crippen molar-refractivity contribution in [2.45, 2.75) is 20.3 Å². The monoisotopic (exact) mass is 201 g/mol. The summed E-state index contributed by atoms with van der Waals surface area (Å²) < 4.78 is 4.99. The van der Waals surface area contributed by atoms with Gasteiger partial charge in [-0.1, -0.05) is 26.0 Å². The summed E-state index contributed by atoms with van der Waals surface area (Å²) in [5, 5.41) is 7.33. The Balaban J connectivity index is 2.17. The van der Waals surface area contributed by atoms with Crippen LogP contribution in [0.2, 0.25) is 0 Å². The maximum absolute atomic E-state index is 4.99. The Bertz CT molecular complexity index is 404. The maximum Gasteiger partial charge on any atom is 0.306 e. The minimum Gasteiger partial charge on any atom is -0.412 e. The van der Waals surface area contributed by atoms with Crippen LogP contribution in [0.15, 0.2) is 28.7 Å². The van der Waals surface area contributed by atoms with Gasteiger partial charge < -0.3 is 4.42 Å². The molecular weight excluding hydrogens is 188 g/mol. The topological polar surface area (TPSA) is 38.9 Å². The third-order valence-corrected chi connectivity index (χ3v) is 2.17. The first-order valence-corrected chi connectivity index (χ1v) is 5.04. The number of aromatic nitrogens is 2. The second-order valence-electron chi connectivity index (χ2n) is 3.99. The summed E-state index contributed by atoms with van der Waals surface area (Å²) in [6.45, 7) is 4.42. The van der Waals surface area contributed by atoms with Crippen LogP contribution in [0.1, 0.15) is 19.4 Å². The molecule has 2 rings (SSSR count). The van der Waals surface area contributed by atoms with E-state index in [4.69, 9.17) is 4.42 Å². The molecule has 77 valence electrons. The first-order valence-electron chi connectivity index (χ1n) is 5.04. The second kappa shape index (κ2) is 4.26. The Hall–Kier alpha value is -1.64. The molecule has 1 radical (unpaired) electrons. The minimum atomic E-state index is 0.520. The molecule has 0 spiro atoms. The summed E-state index contributed by atoms with van der Waals surface area (Å²) in [4.78, 5) is 0. The van der Waals surface area contributed by atoms with Crippen LogP contribution in [-0.4, -0.2) is 10.2 Å². The van der Waals surface area contributed by atoms with Gasteiger partial charge in [-0.2, -0.15) is 0 Å². The molecule has 0 aliphatic carbocycles. The predicted molar refractivity (Wildman–Crippen MR) is 57.1 cm³/mol. The zero-order chi connectivity index (χ0) is 10.7. The molecule has 15 heavy (non-hydrogen) atoms. The molecule has 2 aromatic rings. The molecule has 0 N–H and O–H groups in total. The molecule has 1 aromatic heterocycles. The van der Waals surface area contributed by atoms with Crippen molar-refractivity contribution >= 4 is 0 Å². The van der Waals surface area contributed by atoms with Crippen LogP contribution in [-0.2, 0) is 6.42 Å². The molecule has 0 saturated carbocycles. The molecule has 0 aliphatic rings. The summed E-state index contributed by atoms with van der Waals surface area (Å²) in [6, 6.07) is 8.19. The standard InChI is InChI=1S/C12H13N2O/c1-9(2)7-10-3-5-11(6-4-10)12-14-13-8-15-12/h3-6,9H,7H2,1-2H3. The van der Waals surface area contributed by atoms with Crippen LogP contribution >= 0.6 is 0 Å². The van der Waals surface area contributed by atoms with Crippen molar-refractivity contribution in [3.8, 4) is 11.5 Å². The van der Waals surface area contributed by atoms with Gasteiger partial charge in [0.15, 0.2) is 0 Å². The lowest BCUT2D eigenvalue weighted by Gasteiger charge is -2.04. The van der Waals surface area contributed by atoms with Gasteiger partial charge in [0.1, 0.15) is 0 Å². The fourth-order valence-corrected chi connectivity index (χ4v) is 1.52. The van der Waals surface area contributed by atoms with Gasteiger partial charge >= 0.3 is 6.39 Å². The largest absolute Gasteiger partial charge is 0.412 e. The van der Waals surface area contributed by atoms with Crippen molar-refractivity contribution in [1.29, 1.82) is 0 Å². The third-order valence-electron chi connectivity index (χ3n) is 2.17. The molecular formula is C12H13N2O. The van der Waals surface area contributed by atoms with Gasteiger partial charge in [-0.15, -0.1) is 10.2 Å². The van der Waals surface area contributed by atoms with E-state index in [9.17, 15) is 0 Å². The van der Waals surface area contributed by atoms with Crippen molar-refractivity contribution in [2.24, 2.45) is 5.92 Å². The van der Waals surface area contributed by atoms with Gasteiger partial charge in [-0.25, -0.2) is 0 Å². The molecule has 0 atom stereocenters. The Morgan fingerprint density at radius 1 is 1.27 bits per heavy atom. The Morgan fingerprint density at radius 2 is 2.00 bits per heavy atom. The van der Waals surface area contributed by atoms with E-state index in [0.717, 1.165) is 12.0 Å². The average Bonchev–Trinajstić information content (AvgIpc) is 2.71. The summed E-state index contributed by atoms with van der Waals surface area (Å²) in [5.41, 5.74) is 2.27. The van der Waals surface area contributed by atoms with E-state index >= 15 is 0 Å². The van der Waals surface area contributed by atoms with E-state index in [-0.39, 0.29) is 0 Å². The van der Waals surface area contributed by atoms with E-state index < -0.39 is 0 Å². The van der Waals surface area contributed by atoms with Gasteiger partial charge in [0, 0.05) is 5.56 Å². The van der Waals surface area contributed by atoms with E-state index in [1.807, 2.05) is 12.1 Å². The second-order valence-corrected chi connectivity index (χ2v) is 3.99. The van der Waals surface area contributed by atoms with Gasteiger partial charge in [0.25, 0.3) is 0 Å². The van der Waals surface area contributed by atoms with Crippen molar-refractivity contribution < 1.29 is 4.42 Å². The van der Waals surface area contributed by atoms with E-state index in [1.165, 1.54) is 5.56 Å². The summed E-state index contributed by atoms with van der Waals surface area (Å²) in [7, 11) is 0. The number of hydrogen-bond donors (Lipinski definition) is 0. The van der Waals surface area contributed by atoms with Crippen LogP contribution in [0.5, 0.6) is 0 Å². The molecule has 0 bridgehead atoms. The van der Waals surface area contributed by atoms with Crippen LogP contribution in [0.3, 0.4) is 0 Å². The zero-order valence-electron chi connectivity index (χ0n) is 8.90. The molecule has 0 fully saturated rings. The highest BCUT2D eigenvalue weighted by molar-refractivity contribution is 5.52. The van der Waals surface area contributed by atoms with Gasteiger partial charge in [-0.3, -0.25) is 0 Å². The molecule has 0 unspecified atom stereocenters. The van der Waals surface area contributed by atoms with Gasteiger partial charge in [-0.05, 0) is 30.0 Å². The average molecular weight is 201 g/mol. The third kappa shape index (κ3) is 2.43. The van der Waals surface area contributed by atoms with Crippen LogP contribution in [0, 0.1) is 12.3 Å². The lowest BCUT2D eigenvalue weighted by Crippen LogP contribution is -1.93. The van der Waals surface area contributed by atoms with Crippen LogP contribution in [0.4, 0.5) is 0 Å². The highest BCUT2D eigenvalue weighted by Crippen LogP contribution is 2.17. The molecule has 3 heteroatoms. The smallest absolute Gasteiger partial charge is 0.306 e. The quantitative estimate of drug-likeness (QED) is 0.766. The Kier molecular flexibility index (Phi) is 2.81. The number of nitrogens with zero attached hydrogens (tertiary/aromatic N) is 2. The van der Waals surface area contributed by atoms with Crippen molar-refractivity contribution in [1.82, 2.24) is 10.2 Å². The Morgan fingerprint density at radius 3 is 2.53 bits per heavy atom. The van der Waals surface area contributed by atoms with Crippen LogP contribution < -0.4 is 0 Å². The predicted octanol–water partition coefficient (Wildman–Crippen LogP) is 2.74. The van der Waals surface area contributed by atoms with Crippen molar-refractivity contribution in [3.05, 3.63) is 36.2 Å². The summed E-state index contributed by atoms with van der Waals surface area (Å²) in [5.74, 6) is 1.19. The van der Waals surface area contributed by atoms with Crippen molar-refractivity contribution in [2.75, 3.05) is 0 Å². The van der Waals surface area contributed by atoms with E-state index in [1.54, 1.807) is 0 Å². The highest BCUT2D eigenvalue weighted by Gasteiger charge is 2.03. The molecule has 1 aromatic carbocycles. The first-order chi connectivity index (χ1) is 7.25. The van der Waals surface area contributed by atoms with Gasteiger partial charge in [0.2, 0.25) is 5.89 Å². The van der Waals surface area contributed by atoms with E-state index in [0.29, 0.717) is 11.8 Å². The maximum atomic E-state index is 4.99. The SMILES string of the molecule is CC(C)Cc1ccc(-c2nn[c]o2)cc1. The van der Waals surface area contributed by atoms with Crippen molar-refractivity contribution in [3.63, 3.8) is 0 Å². The lowest BCUT2D eigenvalue weighted by atomic mass is 10.0. The number of hydrogen-bond acceptors (Lipinski definition) is 3. The number of rotatable bonds is 3. The molecule has 0 aliphatic heterocycles. The lowest BCUT2D eigenvalue weighted by molar-refractivity contribution is 0.559. The fraction of sp³-hybridized carbons (Fsp3) is 0.333. The molecule has 0 saturated heterocycles. The Labute approximate surface area is 89.2 Å². The first kappa shape index (κ1) is 9.90. The fourth-order valence-electron chi connectivity index (χ4n) is 1.52. The van der Waals surface area contributed by atoms with Crippen LogP contribution in [0.25, 0.3) is 11.5 Å².